The number of piperidine rings is 1. The standard InChI is InChI=1S/C22H29Cl2N3O2/c1-17-15-26(21(28)9-7-18-6-8-19(23)20(24)14-18)16-22(29)27(17)13-5-12-25-10-3-2-4-11-25/h6-9,14,17H,2-5,10-13,15-16H2,1H3/t17-/m1/s1. The molecule has 2 amide bonds. The maximum Gasteiger partial charge on any atom is 0.247 e. The zero-order valence-electron chi connectivity index (χ0n) is 16.9. The van der Waals surface area contributed by atoms with Crippen molar-refractivity contribution < 1.29 is 9.59 Å². The zero-order chi connectivity index (χ0) is 20.8. The molecular weight excluding hydrogens is 409 g/mol. The Balaban J connectivity index is 1.49. The molecule has 2 saturated heterocycles. The number of benzene rings is 1. The van der Waals surface area contributed by atoms with Crippen LogP contribution in [-0.4, -0.2) is 71.8 Å². The van der Waals surface area contributed by atoms with Gasteiger partial charge < -0.3 is 14.7 Å². The van der Waals surface area contributed by atoms with Gasteiger partial charge in [-0.25, -0.2) is 0 Å². The molecule has 2 heterocycles. The number of carbonyl (C=O) groups is 2. The van der Waals surface area contributed by atoms with Crippen LogP contribution >= 0.6 is 23.2 Å². The van der Waals surface area contributed by atoms with Gasteiger partial charge in [-0.2, -0.15) is 0 Å². The average molecular weight is 438 g/mol. The first kappa shape index (κ1) is 22.1. The zero-order valence-corrected chi connectivity index (χ0v) is 18.5. The molecule has 0 aromatic heterocycles. The molecular formula is C22H29Cl2N3O2. The summed E-state index contributed by atoms with van der Waals surface area (Å²) in [5, 5.41) is 0.925. The van der Waals surface area contributed by atoms with Gasteiger partial charge in [0, 0.05) is 25.2 Å². The average Bonchev–Trinajstić information content (AvgIpc) is 2.71. The van der Waals surface area contributed by atoms with Crippen molar-refractivity contribution in [3.05, 3.63) is 39.9 Å². The lowest BCUT2D eigenvalue weighted by Crippen LogP contribution is -2.56. The molecule has 2 fully saturated rings. The highest BCUT2D eigenvalue weighted by atomic mass is 35.5. The first-order chi connectivity index (χ1) is 13.9. The van der Waals surface area contributed by atoms with Gasteiger partial charge in [-0.1, -0.05) is 35.7 Å². The van der Waals surface area contributed by atoms with Gasteiger partial charge in [-0.15, -0.1) is 0 Å². The first-order valence-corrected chi connectivity index (χ1v) is 11.1. The molecule has 2 aliphatic rings. The third-order valence-corrected chi connectivity index (χ3v) is 6.40. The van der Waals surface area contributed by atoms with Crippen LogP contribution in [-0.2, 0) is 9.59 Å². The van der Waals surface area contributed by atoms with Crippen LogP contribution in [0.2, 0.25) is 10.0 Å². The molecule has 0 bridgehead atoms. The molecule has 7 heteroatoms. The molecule has 1 atom stereocenters. The van der Waals surface area contributed by atoms with E-state index in [0.29, 0.717) is 16.6 Å². The Kier molecular flexibility index (Phi) is 7.99. The lowest BCUT2D eigenvalue weighted by Gasteiger charge is -2.39. The summed E-state index contributed by atoms with van der Waals surface area (Å²) >= 11 is 11.9. The van der Waals surface area contributed by atoms with E-state index in [-0.39, 0.29) is 24.4 Å². The van der Waals surface area contributed by atoms with Crippen LogP contribution in [0.15, 0.2) is 24.3 Å². The quantitative estimate of drug-likeness (QED) is 0.632. The molecule has 0 N–H and O–H groups in total. The number of hydrogen-bond donors (Lipinski definition) is 0. The number of rotatable bonds is 6. The Labute approximate surface area is 183 Å². The van der Waals surface area contributed by atoms with Crippen LogP contribution in [0, 0.1) is 0 Å². The van der Waals surface area contributed by atoms with Crippen LogP contribution in [0.4, 0.5) is 0 Å². The van der Waals surface area contributed by atoms with Crippen molar-refractivity contribution in [2.24, 2.45) is 0 Å². The van der Waals surface area contributed by atoms with Crippen LogP contribution in [0.5, 0.6) is 0 Å². The molecule has 2 aliphatic heterocycles. The summed E-state index contributed by atoms with van der Waals surface area (Å²) in [6, 6.07) is 5.23. The smallest absolute Gasteiger partial charge is 0.247 e. The Bertz CT molecular complexity index is 762. The summed E-state index contributed by atoms with van der Waals surface area (Å²) in [5.74, 6) is -0.136. The monoisotopic (exact) mass is 437 g/mol. The minimum absolute atomic E-state index is 0.0266. The molecule has 0 saturated carbocycles. The van der Waals surface area contributed by atoms with E-state index in [1.807, 2.05) is 11.8 Å². The fourth-order valence-electron chi connectivity index (χ4n) is 4.03. The lowest BCUT2D eigenvalue weighted by atomic mass is 10.1. The van der Waals surface area contributed by atoms with Gasteiger partial charge in [0.05, 0.1) is 10.0 Å². The topological polar surface area (TPSA) is 43.9 Å². The molecule has 1 aromatic carbocycles. The Morgan fingerprint density at radius 1 is 1.14 bits per heavy atom. The minimum atomic E-state index is -0.163. The Morgan fingerprint density at radius 3 is 2.59 bits per heavy atom. The molecule has 0 aliphatic carbocycles. The maximum absolute atomic E-state index is 12.6. The van der Waals surface area contributed by atoms with Crippen LogP contribution in [0.1, 0.15) is 38.2 Å². The van der Waals surface area contributed by atoms with E-state index in [9.17, 15) is 9.59 Å². The van der Waals surface area contributed by atoms with Gasteiger partial charge in [-0.3, -0.25) is 9.59 Å². The van der Waals surface area contributed by atoms with E-state index in [1.165, 1.54) is 38.4 Å². The van der Waals surface area contributed by atoms with Crippen molar-refractivity contribution >= 4 is 41.1 Å². The van der Waals surface area contributed by atoms with Gasteiger partial charge in [0.25, 0.3) is 0 Å². The number of halogens is 2. The van der Waals surface area contributed by atoms with E-state index in [2.05, 4.69) is 4.90 Å². The number of carbonyl (C=O) groups excluding carboxylic acids is 2. The van der Waals surface area contributed by atoms with E-state index in [4.69, 9.17) is 23.2 Å². The molecule has 0 unspecified atom stereocenters. The SMILES string of the molecule is C[C@@H]1CN(C(=O)C=Cc2ccc(Cl)c(Cl)c2)CC(=O)N1CCCN1CCCCC1. The summed E-state index contributed by atoms with van der Waals surface area (Å²) in [6.07, 6.45) is 8.08. The second-order valence-corrected chi connectivity index (χ2v) is 8.73. The fourth-order valence-corrected chi connectivity index (χ4v) is 4.34. The molecule has 3 rings (SSSR count). The van der Waals surface area contributed by atoms with Gasteiger partial charge in [0.2, 0.25) is 11.8 Å². The van der Waals surface area contributed by atoms with E-state index in [0.717, 1.165) is 25.1 Å². The van der Waals surface area contributed by atoms with Gasteiger partial charge >= 0.3 is 0 Å². The fraction of sp³-hybridized carbons (Fsp3) is 0.545. The number of nitrogens with zero attached hydrogens (tertiary/aromatic N) is 3. The summed E-state index contributed by atoms with van der Waals surface area (Å²) in [7, 11) is 0. The molecule has 0 spiro atoms. The summed E-state index contributed by atoms with van der Waals surface area (Å²) in [5.41, 5.74) is 0.795. The molecule has 0 radical (unpaired) electrons. The number of likely N-dealkylation sites (tertiary alicyclic amines) is 1. The second kappa shape index (κ2) is 10.5. The first-order valence-electron chi connectivity index (χ1n) is 10.4. The van der Waals surface area contributed by atoms with Crippen LogP contribution < -0.4 is 0 Å². The van der Waals surface area contributed by atoms with E-state index in [1.54, 1.807) is 29.2 Å². The van der Waals surface area contributed by atoms with Crippen molar-refractivity contribution in [2.75, 3.05) is 39.3 Å². The Morgan fingerprint density at radius 2 is 1.90 bits per heavy atom. The molecule has 1 aromatic rings. The highest BCUT2D eigenvalue weighted by Gasteiger charge is 2.31. The summed E-state index contributed by atoms with van der Waals surface area (Å²) in [6.45, 7) is 6.87. The maximum atomic E-state index is 12.6. The van der Waals surface area contributed by atoms with Crippen molar-refractivity contribution in [1.29, 1.82) is 0 Å². The molecule has 5 nitrogen and oxygen atoms in total. The normalized spacial score (nSPS) is 21.2. The highest BCUT2D eigenvalue weighted by molar-refractivity contribution is 6.42. The third-order valence-electron chi connectivity index (χ3n) is 5.66. The minimum Gasteiger partial charge on any atom is -0.337 e. The largest absolute Gasteiger partial charge is 0.337 e. The number of piperazine rings is 1. The van der Waals surface area contributed by atoms with Gasteiger partial charge in [0.15, 0.2) is 0 Å². The molecule has 158 valence electrons. The van der Waals surface area contributed by atoms with Crippen molar-refractivity contribution in [3.8, 4) is 0 Å². The van der Waals surface area contributed by atoms with Crippen LogP contribution in [0.25, 0.3) is 6.08 Å². The molecule has 29 heavy (non-hydrogen) atoms. The lowest BCUT2D eigenvalue weighted by molar-refractivity contribution is -0.146. The van der Waals surface area contributed by atoms with Crippen molar-refractivity contribution in [3.63, 3.8) is 0 Å². The van der Waals surface area contributed by atoms with Crippen LogP contribution in [0.3, 0.4) is 0 Å². The second-order valence-electron chi connectivity index (χ2n) is 7.92. The van der Waals surface area contributed by atoms with Gasteiger partial charge in [-0.05, 0) is 69.6 Å². The number of amides is 2. The van der Waals surface area contributed by atoms with E-state index >= 15 is 0 Å². The summed E-state index contributed by atoms with van der Waals surface area (Å²) in [4.78, 5) is 31.2. The third kappa shape index (κ3) is 6.21. The summed E-state index contributed by atoms with van der Waals surface area (Å²) < 4.78 is 0. The van der Waals surface area contributed by atoms with Gasteiger partial charge in [0.1, 0.15) is 6.54 Å². The highest BCUT2D eigenvalue weighted by Crippen LogP contribution is 2.23. The van der Waals surface area contributed by atoms with E-state index < -0.39 is 0 Å². The predicted molar refractivity (Wildman–Crippen MR) is 118 cm³/mol. The van der Waals surface area contributed by atoms with Crippen molar-refractivity contribution in [2.45, 2.75) is 38.6 Å². The van der Waals surface area contributed by atoms with Crippen molar-refractivity contribution in [1.82, 2.24) is 14.7 Å². The number of hydrogen-bond acceptors (Lipinski definition) is 3. The Hall–Kier alpha value is -1.56. The predicted octanol–water partition coefficient (Wildman–Crippen LogP) is 3.94.